The van der Waals surface area contributed by atoms with Gasteiger partial charge in [0.2, 0.25) is 0 Å². The molecule has 1 saturated carbocycles. The highest BCUT2D eigenvalue weighted by atomic mass is 16.4. The fourth-order valence-corrected chi connectivity index (χ4v) is 3.64. The first-order valence-electron chi connectivity index (χ1n) is 9.36. The molecule has 0 saturated heterocycles. The molecular formula is C22H25NO3. The molecule has 0 amide bonds. The van der Waals surface area contributed by atoms with Crippen molar-refractivity contribution in [1.82, 2.24) is 4.90 Å². The molecule has 2 heterocycles. The summed E-state index contributed by atoms with van der Waals surface area (Å²) in [5.41, 5.74) is 2.54. The molecule has 0 bridgehead atoms. The maximum Gasteiger partial charge on any atom is 0.336 e. The minimum atomic E-state index is -0.294. The first-order chi connectivity index (χ1) is 12.5. The molecular weight excluding hydrogens is 326 g/mol. The Morgan fingerprint density at radius 3 is 2.65 bits per heavy atom. The van der Waals surface area contributed by atoms with Crippen LogP contribution in [0.5, 0.6) is 0 Å². The molecule has 0 aliphatic heterocycles. The number of benzene rings is 1. The van der Waals surface area contributed by atoms with E-state index in [2.05, 4.69) is 43.0 Å². The van der Waals surface area contributed by atoms with Gasteiger partial charge in [-0.1, -0.05) is 26.0 Å². The summed E-state index contributed by atoms with van der Waals surface area (Å²) in [7, 11) is 2.04. The van der Waals surface area contributed by atoms with Crippen LogP contribution in [0, 0.1) is 5.92 Å². The van der Waals surface area contributed by atoms with Gasteiger partial charge in [0, 0.05) is 23.9 Å². The highest BCUT2D eigenvalue weighted by Crippen LogP contribution is 2.47. The lowest BCUT2D eigenvalue weighted by Crippen LogP contribution is -2.18. The average Bonchev–Trinajstić information content (AvgIpc) is 3.15. The lowest BCUT2D eigenvalue weighted by atomic mass is 10.1. The third-order valence-electron chi connectivity index (χ3n) is 5.33. The van der Waals surface area contributed by atoms with Gasteiger partial charge in [-0.15, -0.1) is 0 Å². The molecule has 1 aromatic carbocycles. The molecule has 1 aliphatic carbocycles. The van der Waals surface area contributed by atoms with Gasteiger partial charge in [-0.3, -0.25) is 4.90 Å². The van der Waals surface area contributed by atoms with E-state index < -0.39 is 0 Å². The van der Waals surface area contributed by atoms with Crippen molar-refractivity contribution in [3.8, 4) is 0 Å². The number of fused-ring (bicyclic) bond motifs is 1. The third-order valence-corrected chi connectivity index (χ3v) is 5.33. The van der Waals surface area contributed by atoms with Crippen LogP contribution in [0.25, 0.3) is 11.0 Å². The summed E-state index contributed by atoms with van der Waals surface area (Å²) in [6.07, 6.45) is 2.15. The summed E-state index contributed by atoms with van der Waals surface area (Å²) in [6, 6.07) is 11.9. The largest absolute Gasteiger partial charge is 0.464 e. The van der Waals surface area contributed by atoms with Crippen LogP contribution < -0.4 is 5.63 Å². The van der Waals surface area contributed by atoms with Gasteiger partial charge in [0.05, 0.1) is 6.54 Å². The Morgan fingerprint density at radius 1 is 1.12 bits per heavy atom. The monoisotopic (exact) mass is 351 g/mol. The minimum absolute atomic E-state index is 0.294. The first-order valence-corrected chi connectivity index (χ1v) is 9.36. The Labute approximate surface area is 153 Å². The molecule has 0 spiro atoms. The van der Waals surface area contributed by atoms with E-state index in [1.165, 1.54) is 12.0 Å². The van der Waals surface area contributed by atoms with Gasteiger partial charge in [0.25, 0.3) is 0 Å². The maximum absolute atomic E-state index is 12.0. The Kier molecular flexibility index (Phi) is 4.45. The van der Waals surface area contributed by atoms with E-state index in [9.17, 15) is 4.79 Å². The standard InChI is InChI=1S/C22H25NO3/c1-4-15-5-7-18-16(11-22(24)26-21(18)10-15)12-23(3)13-17-6-8-20(25-17)19-9-14(19)2/h5-8,10-11,14,19H,4,9,12-13H2,1-3H3/t14-,19-/m0/s1. The van der Waals surface area contributed by atoms with E-state index in [1.54, 1.807) is 6.07 Å². The van der Waals surface area contributed by atoms with Crippen molar-refractivity contribution in [3.05, 3.63) is 69.5 Å². The van der Waals surface area contributed by atoms with Gasteiger partial charge in [-0.05, 0) is 55.1 Å². The second-order valence-corrected chi connectivity index (χ2v) is 7.57. The predicted octanol–water partition coefficient (Wildman–Crippen LogP) is 4.70. The number of rotatable bonds is 6. The van der Waals surface area contributed by atoms with Crippen molar-refractivity contribution in [2.24, 2.45) is 5.92 Å². The second-order valence-electron chi connectivity index (χ2n) is 7.57. The van der Waals surface area contributed by atoms with Gasteiger partial charge in [-0.2, -0.15) is 0 Å². The molecule has 3 aromatic rings. The first kappa shape index (κ1) is 17.1. The zero-order valence-electron chi connectivity index (χ0n) is 15.6. The third kappa shape index (κ3) is 3.47. The molecule has 1 aliphatic rings. The second kappa shape index (κ2) is 6.76. The predicted molar refractivity (Wildman–Crippen MR) is 102 cm³/mol. The Balaban J connectivity index is 1.52. The Bertz CT molecular complexity index is 984. The van der Waals surface area contributed by atoms with Crippen molar-refractivity contribution in [2.45, 2.75) is 45.7 Å². The zero-order chi connectivity index (χ0) is 18.3. The number of furan rings is 1. The van der Waals surface area contributed by atoms with E-state index in [-0.39, 0.29) is 5.63 Å². The smallest absolute Gasteiger partial charge is 0.336 e. The van der Waals surface area contributed by atoms with Crippen molar-refractivity contribution in [2.75, 3.05) is 7.05 Å². The van der Waals surface area contributed by atoms with Gasteiger partial charge >= 0.3 is 5.63 Å². The van der Waals surface area contributed by atoms with Crippen molar-refractivity contribution in [3.63, 3.8) is 0 Å². The van der Waals surface area contributed by atoms with E-state index in [0.29, 0.717) is 18.0 Å². The van der Waals surface area contributed by atoms with Crippen LogP contribution in [0.2, 0.25) is 0 Å². The fraction of sp³-hybridized carbons (Fsp3) is 0.409. The van der Waals surface area contributed by atoms with E-state index in [1.807, 2.05) is 13.1 Å². The van der Waals surface area contributed by atoms with Gasteiger partial charge in [-0.25, -0.2) is 4.79 Å². The maximum atomic E-state index is 12.0. The molecule has 1 fully saturated rings. The van der Waals surface area contributed by atoms with Crippen molar-refractivity contribution < 1.29 is 8.83 Å². The van der Waals surface area contributed by atoms with Crippen molar-refractivity contribution in [1.29, 1.82) is 0 Å². The quantitative estimate of drug-likeness (QED) is 0.604. The number of hydrogen-bond acceptors (Lipinski definition) is 4. The summed E-state index contributed by atoms with van der Waals surface area (Å²) in [5.74, 6) is 3.43. The highest BCUT2D eigenvalue weighted by Gasteiger charge is 2.36. The molecule has 136 valence electrons. The van der Waals surface area contributed by atoms with E-state index in [0.717, 1.165) is 41.4 Å². The van der Waals surface area contributed by atoms with Gasteiger partial charge in [0.15, 0.2) is 0 Å². The topological polar surface area (TPSA) is 46.6 Å². The minimum Gasteiger partial charge on any atom is -0.464 e. The van der Waals surface area contributed by atoms with Crippen LogP contribution in [0.15, 0.2) is 50.0 Å². The van der Waals surface area contributed by atoms with Crippen LogP contribution in [0.1, 0.15) is 48.8 Å². The molecule has 4 rings (SSSR count). The SMILES string of the molecule is CCc1ccc2c(CN(C)Cc3ccc([C@H]4C[C@@H]4C)o3)cc(=O)oc2c1. The molecule has 0 unspecified atom stereocenters. The number of hydrogen-bond donors (Lipinski definition) is 0. The summed E-state index contributed by atoms with van der Waals surface area (Å²) in [5, 5.41) is 1.00. The molecule has 4 heteroatoms. The molecule has 0 radical (unpaired) electrons. The summed E-state index contributed by atoms with van der Waals surface area (Å²) in [4.78, 5) is 14.1. The normalized spacial score (nSPS) is 19.4. The van der Waals surface area contributed by atoms with E-state index >= 15 is 0 Å². The van der Waals surface area contributed by atoms with Crippen LogP contribution in [0.4, 0.5) is 0 Å². The molecule has 2 atom stereocenters. The van der Waals surface area contributed by atoms with E-state index in [4.69, 9.17) is 8.83 Å². The summed E-state index contributed by atoms with van der Waals surface area (Å²) in [6.45, 7) is 5.74. The summed E-state index contributed by atoms with van der Waals surface area (Å²) >= 11 is 0. The molecule has 26 heavy (non-hydrogen) atoms. The lowest BCUT2D eigenvalue weighted by Gasteiger charge is -2.16. The Morgan fingerprint density at radius 2 is 1.92 bits per heavy atom. The van der Waals surface area contributed by atoms with Crippen LogP contribution in [-0.4, -0.2) is 11.9 Å². The molecule has 4 nitrogen and oxygen atoms in total. The van der Waals surface area contributed by atoms with Crippen LogP contribution in [-0.2, 0) is 19.5 Å². The highest BCUT2D eigenvalue weighted by molar-refractivity contribution is 5.80. The van der Waals surface area contributed by atoms with Crippen LogP contribution in [0.3, 0.4) is 0 Å². The number of nitrogens with zero attached hydrogens (tertiary/aromatic N) is 1. The lowest BCUT2D eigenvalue weighted by molar-refractivity contribution is 0.283. The molecule has 0 N–H and O–H groups in total. The van der Waals surface area contributed by atoms with Gasteiger partial charge < -0.3 is 8.83 Å². The average molecular weight is 351 g/mol. The van der Waals surface area contributed by atoms with Gasteiger partial charge in [0.1, 0.15) is 17.1 Å². The van der Waals surface area contributed by atoms with Crippen LogP contribution >= 0.6 is 0 Å². The number of aryl methyl sites for hydroxylation is 1. The molecule has 2 aromatic heterocycles. The fourth-order valence-electron chi connectivity index (χ4n) is 3.64. The zero-order valence-corrected chi connectivity index (χ0v) is 15.6. The Hall–Kier alpha value is -2.33. The van der Waals surface area contributed by atoms with Crippen molar-refractivity contribution >= 4 is 11.0 Å². The summed E-state index contributed by atoms with van der Waals surface area (Å²) < 4.78 is 11.4.